The van der Waals surface area contributed by atoms with Gasteiger partial charge in [0.15, 0.2) is 0 Å². The maximum absolute atomic E-state index is 4.16. The third-order valence-electron chi connectivity index (χ3n) is 2.06. The zero-order valence-electron chi connectivity index (χ0n) is 9.37. The van der Waals surface area contributed by atoms with E-state index in [0.29, 0.717) is 6.04 Å². The second-order valence-corrected chi connectivity index (χ2v) is 4.71. The predicted octanol–water partition coefficient (Wildman–Crippen LogP) is 1.99. The van der Waals surface area contributed by atoms with E-state index >= 15 is 0 Å². The highest BCUT2D eigenvalue weighted by Crippen LogP contribution is 2.18. The molecule has 4 nitrogen and oxygen atoms in total. The topological polar surface area (TPSA) is 41.0 Å². The Labute approximate surface area is 99.2 Å². The summed E-state index contributed by atoms with van der Waals surface area (Å²) >= 11 is 3.41. The first kappa shape index (κ1) is 12.4. The third kappa shape index (κ3) is 4.57. The van der Waals surface area contributed by atoms with E-state index in [4.69, 9.17) is 0 Å². The largest absolute Gasteiger partial charge is 0.367 e. The van der Waals surface area contributed by atoms with E-state index in [9.17, 15) is 0 Å². The summed E-state index contributed by atoms with van der Waals surface area (Å²) in [4.78, 5) is 10.3. The van der Waals surface area contributed by atoms with E-state index < -0.39 is 0 Å². The van der Waals surface area contributed by atoms with E-state index in [0.717, 1.165) is 23.3 Å². The van der Waals surface area contributed by atoms with E-state index in [2.05, 4.69) is 57.1 Å². The minimum atomic E-state index is 0.401. The van der Waals surface area contributed by atoms with Crippen LogP contribution in [0.2, 0.25) is 0 Å². The molecule has 0 aromatic carbocycles. The second-order valence-electron chi connectivity index (χ2n) is 3.86. The summed E-state index contributed by atoms with van der Waals surface area (Å²) in [7, 11) is 4.15. The Morgan fingerprint density at radius 1 is 1.53 bits per heavy atom. The fraction of sp³-hybridized carbons (Fsp3) is 0.600. The van der Waals surface area contributed by atoms with Gasteiger partial charge in [0.05, 0.1) is 4.47 Å². The van der Waals surface area contributed by atoms with Crippen LogP contribution >= 0.6 is 15.9 Å². The molecular weight excluding hydrogens is 256 g/mol. The van der Waals surface area contributed by atoms with E-state index in [1.807, 2.05) is 0 Å². The molecular formula is C10H17BrN4. The molecule has 0 spiro atoms. The van der Waals surface area contributed by atoms with E-state index in [1.165, 1.54) is 0 Å². The van der Waals surface area contributed by atoms with Crippen LogP contribution in [-0.4, -0.2) is 41.5 Å². The molecule has 0 fully saturated rings. The van der Waals surface area contributed by atoms with Crippen molar-refractivity contribution in [2.75, 3.05) is 26.0 Å². The normalized spacial score (nSPS) is 12.9. The van der Waals surface area contributed by atoms with Gasteiger partial charge in [0, 0.05) is 12.2 Å². The van der Waals surface area contributed by atoms with Gasteiger partial charge >= 0.3 is 0 Å². The van der Waals surface area contributed by atoms with Crippen LogP contribution in [0.3, 0.4) is 0 Å². The zero-order valence-corrected chi connectivity index (χ0v) is 11.0. The van der Waals surface area contributed by atoms with Crippen LogP contribution in [0.25, 0.3) is 0 Å². The van der Waals surface area contributed by atoms with Gasteiger partial charge in [0.25, 0.3) is 0 Å². The smallest absolute Gasteiger partial charge is 0.143 e. The maximum atomic E-state index is 4.16. The van der Waals surface area contributed by atoms with Crippen molar-refractivity contribution < 1.29 is 0 Å². The highest BCUT2D eigenvalue weighted by atomic mass is 79.9. The summed E-state index contributed by atoms with van der Waals surface area (Å²) in [5.74, 6) is 0.858. The Morgan fingerprint density at radius 2 is 2.27 bits per heavy atom. The summed E-state index contributed by atoms with van der Waals surface area (Å²) in [6, 6.07) is 0.401. The maximum Gasteiger partial charge on any atom is 0.143 e. The first-order chi connectivity index (χ1) is 7.09. The molecule has 15 heavy (non-hydrogen) atoms. The van der Waals surface area contributed by atoms with Gasteiger partial charge in [-0.25, -0.2) is 9.97 Å². The summed E-state index contributed by atoms with van der Waals surface area (Å²) in [6.07, 6.45) is 4.38. The lowest BCUT2D eigenvalue weighted by molar-refractivity contribution is 0.390. The van der Waals surface area contributed by atoms with Gasteiger partial charge in [-0.1, -0.05) is 0 Å². The number of hydrogen-bond donors (Lipinski definition) is 1. The van der Waals surface area contributed by atoms with Crippen molar-refractivity contribution in [3.05, 3.63) is 17.0 Å². The van der Waals surface area contributed by atoms with Gasteiger partial charge in [0.1, 0.15) is 12.1 Å². The number of anilines is 1. The molecule has 0 radical (unpaired) electrons. The van der Waals surface area contributed by atoms with Crippen LogP contribution in [0.1, 0.15) is 13.3 Å². The molecule has 1 N–H and O–H groups in total. The summed E-state index contributed by atoms with van der Waals surface area (Å²) in [5.41, 5.74) is 0. The molecule has 1 unspecified atom stereocenters. The molecule has 5 heteroatoms. The second kappa shape index (κ2) is 6.02. The van der Waals surface area contributed by atoms with Gasteiger partial charge in [-0.2, -0.15) is 0 Å². The van der Waals surface area contributed by atoms with Crippen LogP contribution in [-0.2, 0) is 0 Å². The quantitative estimate of drug-likeness (QED) is 0.890. The lowest BCUT2D eigenvalue weighted by Gasteiger charge is -2.17. The summed E-state index contributed by atoms with van der Waals surface area (Å²) in [6.45, 7) is 3.22. The molecule has 0 saturated heterocycles. The van der Waals surface area contributed by atoms with Crippen LogP contribution in [0.4, 0.5) is 5.82 Å². The van der Waals surface area contributed by atoms with Gasteiger partial charge < -0.3 is 10.2 Å². The molecule has 1 atom stereocenters. The van der Waals surface area contributed by atoms with Gasteiger partial charge in [-0.05, 0) is 49.9 Å². The molecule has 84 valence electrons. The number of aromatic nitrogens is 2. The van der Waals surface area contributed by atoms with Crippen LogP contribution in [0.15, 0.2) is 17.0 Å². The van der Waals surface area contributed by atoms with E-state index in [-0.39, 0.29) is 0 Å². The van der Waals surface area contributed by atoms with Crippen molar-refractivity contribution in [3.8, 4) is 0 Å². The number of nitrogens with zero attached hydrogens (tertiary/aromatic N) is 3. The Morgan fingerprint density at radius 3 is 2.87 bits per heavy atom. The Hall–Kier alpha value is -0.680. The predicted molar refractivity (Wildman–Crippen MR) is 66.0 cm³/mol. The van der Waals surface area contributed by atoms with Crippen LogP contribution < -0.4 is 5.32 Å². The van der Waals surface area contributed by atoms with Gasteiger partial charge in [-0.3, -0.25) is 0 Å². The molecule has 1 aromatic rings. The van der Waals surface area contributed by atoms with Crippen LogP contribution in [0.5, 0.6) is 0 Å². The Bertz CT molecular complexity index is 303. The van der Waals surface area contributed by atoms with Crippen molar-refractivity contribution in [2.24, 2.45) is 0 Å². The van der Waals surface area contributed by atoms with E-state index in [1.54, 1.807) is 12.5 Å². The van der Waals surface area contributed by atoms with Crippen molar-refractivity contribution in [2.45, 2.75) is 19.4 Å². The highest BCUT2D eigenvalue weighted by molar-refractivity contribution is 9.10. The minimum absolute atomic E-state index is 0.401. The van der Waals surface area contributed by atoms with Crippen molar-refractivity contribution in [1.82, 2.24) is 14.9 Å². The zero-order chi connectivity index (χ0) is 11.3. The molecule has 0 aliphatic heterocycles. The Kier molecular flexibility index (Phi) is 4.98. The molecule has 1 aromatic heterocycles. The first-order valence-corrected chi connectivity index (χ1v) is 5.75. The number of hydrogen-bond acceptors (Lipinski definition) is 4. The molecule has 1 rings (SSSR count). The standard InChI is InChI=1S/C10H17BrN4/c1-8(4-5-15(2)3)14-10-9(11)6-12-7-13-10/h6-8H,4-5H2,1-3H3,(H,12,13,14). The highest BCUT2D eigenvalue weighted by Gasteiger charge is 2.06. The fourth-order valence-corrected chi connectivity index (χ4v) is 1.51. The average Bonchev–Trinajstić information content (AvgIpc) is 2.18. The molecule has 0 aliphatic carbocycles. The molecule has 1 heterocycles. The van der Waals surface area contributed by atoms with Crippen molar-refractivity contribution >= 4 is 21.7 Å². The third-order valence-corrected chi connectivity index (χ3v) is 2.64. The SMILES string of the molecule is CC(CCN(C)C)Nc1ncncc1Br. The molecule has 0 amide bonds. The Balaban J connectivity index is 2.44. The van der Waals surface area contributed by atoms with Gasteiger partial charge in [-0.15, -0.1) is 0 Å². The first-order valence-electron chi connectivity index (χ1n) is 4.96. The van der Waals surface area contributed by atoms with Crippen LogP contribution in [0, 0.1) is 0 Å². The van der Waals surface area contributed by atoms with Crippen molar-refractivity contribution in [3.63, 3.8) is 0 Å². The van der Waals surface area contributed by atoms with Crippen molar-refractivity contribution in [1.29, 1.82) is 0 Å². The lowest BCUT2D eigenvalue weighted by atomic mass is 10.2. The lowest BCUT2D eigenvalue weighted by Crippen LogP contribution is -2.23. The number of rotatable bonds is 5. The molecule has 0 bridgehead atoms. The summed E-state index contributed by atoms with van der Waals surface area (Å²) in [5, 5.41) is 3.34. The molecule has 0 saturated carbocycles. The monoisotopic (exact) mass is 272 g/mol. The minimum Gasteiger partial charge on any atom is -0.367 e. The molecule has 0 aliphatic rings. The average molecular weight is 273 g/mol. The number of nitrogens with one attached hydrogen (secondary N) is 1. The van der Waals surface area contributed by atoms with Gasteiger partial charge in [0.2, 0.25) is 0 Å². The fourth-order valence-electron chi connectivity index (χ4n) is 1.18. The summed E-state index contributed by atoms with van der Waals surface area (Å²) < 4.78 is 0.904. The number of halogens is 1.